The molecule has 1 heterocycles. The van der Waals surface area contributed by atoms with Gasteiger partial charge in [0.1, 0.15) is 0 Å². The molecule has 3 rings (SSSR count). The minimum atomic E-state index is 0.0830. The van der Waals surface area contributed by atoms with E-state index in [9.17, 15) is 4.79 Å². The molecule has 1 fully saturated rings. The summed E-state index contributed by atoms with van der Waals surface area (Å²) in [5, 5.41) is 3.74. The van der Waals surface area contributed by atoms with Crippen LogP contribution in [0, 0.1) is 0 Å². The number of carbonyl (C=O) groups excluding carboxylic acids is 1. The summed E-state index contributed by atoms with van der Waals surface area (Å²) >= 11 is 7.55. The van der Waals surface area contributed by atoms with E-state index in [1.807, 2.05) is 24.3 Å². The summed E-state index contributed by atoms with van der Waals surface area (Å²) in [6, 6.07) is 16.2. The number of nitrogens with zero attached hydrogens (tertiary/aromatic N) is 2. The number of likely N-dealkylation sites (N-methyl/N-ethyl adjacent to an activating group) is 1. The number of rotatable bonds is 7. The van der Waals surface area contributed by atoms with Crippen LogP contribution >= 0.6 is 23.4 Å². The highest BCUT2D eigenvalue weighted by Gasteiger charge is 2.13. The van der Waals surface area contributed by atoms with Gasteiger partial charge in [0.25, 0.3) is 0 Å². The van der Waals surface area contributed by atoms with Crippen molar-refractivity contribution in [2.75, 3.05) is 43.9 Å². The molecule has 0 radical (unpaired) electrons. The van der Waals surface area contributed by atoms with E-state index in [4.69, 9.17) is 11.6 Å². The molecule has 4 nitrogen and oxygen atoms in total. The third kappa shape index (κ3) is 6.45. The predicted octanol–water partition coefficient (Wildman–Crippen LogP) is 3.89. The second-order valence-corrected chi connectivity index (χ2v) is 8.39. The lowest BCUT2D eigenvalue weighted by Gasteiger charge is -2.34. The molecule has 0 aromatic heterocycles. The molecule has 0 unspecified atom stereocenters. The number of thioether (sulfide) groups is 1. The van der Waals surface area contributed by atoms with Crippen LogP contribution in [0.3, 0.4) is 0 Å². The second-order valence-electron chi connectivity index (χ2n) is 6.79. The first-order chi connectivity index (χ1) is 13.1. The van der Waals surface area contributed by atoms with E-state index in [1.54, 1.807) is 11.8 Å². The lowest BCUT2D eigenvalue weighted by atomic mass is 10.1. The highest BCUT2D eigenvalue weighted by Crippen LogP contribution is 2.21. The maximum absolute atomic E-state index is 12.0. The lowest BCUT2D eigenvalue weighted by Crippen LogP contribution is -2.44. The molecule has 2 aromatic carbocycles. The molecule has 0 bridgehead atoms. The van der Waals surface area contributed by atoms with Crippen LogP contribution in [-0.2, 0) is 11.3 Å². The zero-order valence-electron chi connectivity index (χ0n) is 15.7. The molecule has 0 spiro atoms. The number of hydrogen-bond donors (Lipinski definition) is 1. The Morgan fingerprint density at radius 1 is 1.04 bits per heavy atom. The highest BCUT2D eigenvalue weighted by molar-refractivity contribution is 7.99. The zero-order chi connectivity index (χ0) is 19.1. The van der Waals surface area contributed by atoms with Crippen molar-refractivity contribution in [1.29, 1.82) is 0 Å². The Morgan fingerprint density at radius 3 is 2.37 bits per heavy atom. The zero-order valence-corrected chi connectivity index (χ0v) is 17.2. The van der Waals surface area contributed by atoms with Gasteiger partial charge in [-0.3, -0.25) is 4.79 Å². The molecule has 1 aliphatic heterocycles. The van der Waals surface area contributed by atoms with Crippen LogP contribution in [0.2, 0.25) is 5.02 Å². The van der Waals surface area contributed by atoms with Gasteiger partial charge in [0.15, 0.2) is 0 Å². The first-order valence-corrected chi connectivity index (χ1v) is 10.6. The van der Waals surface area contributed by atoms with Gasteiger partial charge in [-0.1, -0.05) is 23.7 Å². The topological polar surface area (TPSA) is 35.6 Å². The number of halogens is 1. The molecule has 1 aliphatic rings. The van der Waals surface area contributed by atoms with Gasteiger partial charge in [-0.05, 0) is 49.0 Å². The van der Waals surface area contributed by atoms with Crippen molar-refractivity contribution in [3.05, 3.63) is 59.1 Å². The van der Waals surface area contributed by atoms with Crippen molar-refractivity contribution in [1.82, 2.24) is 10.2 Å². The summed E-state index contributed by atoms with van der Waals surface area (Å²) in [5.74, 6) is 0.843. The van der Waals surface area contributed by atoms with Crippen molar-refractivity contribution < 1.29 is 4.79 Å². The molecule has 27 heavy (non-hydrogen) atoms. The third-order valence-electron chi connectivity index (χ3n) is 4.71. The fourth-order valence-electron chi connectivity index (χ4n) is 2.97. The lowest BCUT2D eigenvalue weighted by molar-refractivity contribution is -0.120. The maximum atomic E-state index is 12.0. The Bertz CT molecular complexity index is 728. The van der Waals surface area contributed by atoms with Crippen LogP contribution in [-0.4, -0.2) is 49.8 Å². The van der Waals surface area contributed by atoms with Gasteiger partial charge in [0, 0.05) is 60.5 Å². The minimum absolute atomic E-state index is 0.0830. The van der Waals surface area contributed by atoms with Crippen LogP contribution in [0.25, 0.3) is 0 Å². The van der Waals surface area contributed by atoms with Gasteiger partial charge in [0.2, 0.25) is 5.91 Å². The van der Waals surface area contributed by atoms with Crippen molar-refractivity contribution in [2.24, 2.45) is 0 Å². The average molecular weight is 404 g/mol. The Labute approximate surface area is 170 Å². The predicted molar refractivity (Wildman–Crippen MR) is 115 cm³/mol. The molecule has 6 heteroatoms. The molecule has 1 N–H and O–H groups in total. The first-order valence-electron chi connectivity index (χ1n) is 9.28. The summed E-state index contributed by atoms with van der Waals surface area (Å²) in [4.78, 5) is 17.9. The number of benzene rings is 2. The molecule has 144 valence electrons. The van der Waals surface area contributed by atoms with Crippen LogP contribution in [0.5, 0.6) is 0 Å². The van der Waals surface area contributed by atoms with Crippen LogP contribution < -0.4 is 10.2 Å². The summed E-state index contributed by atoms with van der Waals surface area (Å²) in [5.41, 5.74) is 2.39. The van der Waals surface area contributed by atoms with Gasteiger partial charge >= 0.3 is 0 Å². The normalized spacial score (nSPS) is 15.0. The Morgan fingerprint density at radius 2 is 1.70 bits per heavy atom. The summed E-state index contributed by atoms with van der Waals surface area (Å²) in [6.45, 7) is 4.92. The maximum Gasteiger partial charge on any atom is 0.221 e. The van der Waals surface area contributed by atoms with Crippen molar-refractivity contribution in [3.63, 3.8) is 0 Å². The fourth-order valence-corrected chi connectivity index (χ4v) is 3.95. The van der Waals surface area contributed by atoms with Crippen molar-refractivity contribution in [3.8, 4) is 0 Å². The van der Waals surface area contributed by atoms with E-state index in [1.165, 1.54) is 5.69 Å². The second kappa shape index (κ2) is 10.0. The number of carbonyl (C=O) groups is 1. The molecule has 2 aromatic rings. The average Bonchev–Trinajstić information content (AvgIpc) is 2.69. The minimum Gasteiger partial charge on any atom is -0.369 e. The highest BCUT2D eigenvalue weighted by atomic mass is 35.5. The Kier molecular flexibility index (Phi) is 7.44. The Hall–Kier alpha value is -1.69. The van der Waals surface area contributed by atoms with E-state index < -0.39 is 0 Å². The SMILES string of the molecule is CN1CCN(c2ccc(CNC(=O)CCSc3ccc(Cl)cc3)cc2)CC1. The summed E-state index contributed by atoms with van der Waals surface area (Å²) < 4.78 is 0. The number of anilines is 1. The quantitative estimate of drug-likeness (QED) is 0.711. The van der Waals surface area contributed by atoms with E-state index in [2.05, 4.69) is 46.4 Å². The van der Waals surface area contributed by atoms with Crippen molar-refractivity contribution >= 4 is 35.0 Å². The number of nitrogens with one attached hydrogen (secondary N) is 1. The molecule has 0 atom stereocenters. The number of amides is 1. The van der Waals surface area contributed by atoms with Crippen LogP contribution in [0.4, 0.5) is 5.69 Å². The molecule has 0 aliphatic carbocycles. The first kappa shape index (κ1) is 20.1. The molecule has 1 saturated heterocycles. The summed E-state index contributed by atoms with van der Waals surface area (Å²) in [6.07, 6.45) is 0.507. The van der Waals surface area contributed by atoms with Gasteiger partial charge in [-0.2, -0.15) is 0 Å². The Balaban J connectivity index is 1.37. The molecule has 0 saturated carbocycles. The number of hydrogen-bond acceptors (Lipinski definition) is 4. The molecule has 1 amide bonds. The number of piperazine rings is 1. The fraction of sp³-hybridized carbons (Fsp3) is 0.381. The van der Waals surface area contributed by atoms with Crippen LogP contribution in [0.1, 0.15) is 12.0 Å². The molecular formula is C21H26ClN3OS. The van der Waals surface area contributed by atoms with Gasteiger partial charge in [0.05, 0.1) is 0 Å². The van der Waals surface area contributed by atoms with Gasteiger partial charge in [-0.15, -0.1) is 11.8 Å². The monoisotopic (exact) mass is 403 g/mol. The van der Waals surface area contributed by atoms with Gasteiger partial charge in [-0.25, -0.2) is 0 Å². The van der Waals surface area contributed by atoms with Crippen LogP contribution in [0.15, 0.2) is 53.4 Å². The van der Waals surface area contributed by atoms with E-state index >= 15 is 0 Å². The standard InChI is InChI=1S/C21H26ClN3OS/c1-24-11-13-25(14-12-24)19-6-2-17(3-7-19)16-23-21(26)10-15-27-20-8-4-18(22)5-9-20/h2-9H,10-16H2,1H3,(H,23,26). The van der Waals surface area contributed by atoms with E-state index in [0.717, 1.165) is 47.4 Å². The van der Waals surface area contributed by atoms with Gasteiger partial charge < -0.3 is 15.1 Å². The summed E-state index contributed by atoms with van der Waals surface area (Å²) in [7, 11) is 2.16. The largest absolute Gasteiger partial charge is 0.369 e. The molecular weight excluding hydrogens is 378 g/mol. The smallest absolute Gasteiger partial charge is 0.221 e. The van der Waals surface area contributed by atoms with E-state index in [0.29, 0.717) is 13.0 Å². The van der Waals surface area contributed by atoms with Crippen molar-refractivity contribution in [2.45, 2.75) is 17.9 Å². The van der Waals surface area contributed by atoms with E-state index in [-0.39, 0.29) is 5.91 Å². The third-order valence-corrected chi connectivity index (χ3v) is 5.97.